The van der Waals surface area contributed by atoms with Crippen LogP contribution in [0.5, 0.6) is 0 Å². The first kappa shape index (κ1) is 13.9. The fourth-order valence-corrected chi connectivity index (χ4v) is 4.57. The standard InChI is InChI=1S/C16H23N5O/c22-15(17-10-14-9-12-4-5-13(14)8-12)16(6-2-1-3-7-16)21-11-18-19-20-21/h4-5,11-14H,1-3,6-10H2,(H,17,22)/t12-,13-,14+/m1/s1. The number of tetrazole rings is 1. The van der Waals surface area contributed by atoms with Crippen LogP contribution in [-0.2, 0) is 10.3 Å². The maximum absolute atomic E-state index is 12.9. The molecule has 2 fully saturated rings. The molecule has 2 saturated carbocycles. The van der Waals surface area contributed by atoms with Gasteiger partial charge in [-0.15, -0.1) is 5.10 Å². The molecule has 0 unspecified atom stereocenters. The predicted molar refractivity (Wildman–Crippen MR) is 80.7 cm³/mol. The maximum Gasteiger partial charge on any atom is 0.248 e. The zero-order chi connectivity index (χ0) is 15.0. The molecule has 1 N–H and O–H groups in total. The number of hydrogen-bond acceptors (Lipinski definition) is 4. The lowest BCUT2D eigenvalue weighted by atomic mass is 9.80. The van der Waals surface area contributed by atoms with Crippen LogP contribution in [0.3, 0.4) is 0 Å². The van der Waals surface area contributed by atoms with Crippen molar-refractivity contribution in [3.63, 3.8) is 0 Å². The van der Waals surface area contributed by atoms with Gasteiger partial charge in [0.15, 0.2) is 0 Å². The first-order valence-corrected chi connectivity index (χ1v) is 8.48. The molecular weight excluding hydrogens is 278 g/mol. The van der Waals surface area contributed by atoms with Gasteiger partial charge < -0.3 is 5.32 Å². The van der Waals surface area contributed by atoms with Crippen molar-refractivity contribution in [1.29, 1.82) is 0 Å². The highest BCUT2D eigenvalue weighted by Crippen LogP contribution is 2.43. The van der Waals surface area contributed by atoms with Crippen molar-refractivity contribution in [3.8, 4) is 0 Å². The minimum absolute atomic E-state index is 0.103. The third-order valence-corrected chi connectivity index (χ3v) is 5.83. The average molecular weight is 301 g/mol. The summed E-state index contributed by atoms with van der Waals surface area (Å²) in [4.78, 5) is 12.9. The van der Waals surface area contributed by atoms with Gasteiger partial charge in [0.2, 0.25) is 5.91 Å². The summed E-state index contributed by atoms with van der Waals surface area (Å²) in [6, 6.07) is 0. The normalized spacial score (nSPS) is 32.3. The van der Waals surface area contributed by atoms with E-state index < -0.39 is 5.54 Å². The Morgan fingerprint density at radius 3 is 2.73 bits per heavy atom. The topological polar surface area (TPSA) is 72.7 Å². The third kappa shape index (κ3) is 2.25. The van der Waals surface area contributed by atoms with E-state index in [1.807, 2.05) is 0 Å². The SMILES string of the molecule is O=C(NC[C@@H]1C[C@@H]2C=C[C@@H]1C2)C1(n2cnnn2)CCCCC1. The number of hydrogen-bond donors (Lipinski definition) is 1. The maximum atomic E-state index is 12.9. The molecule has 22 heavy (non-hydrogen) atoms. The van der Waals surface area contributed by atoms with E-state index in [1.54, 1.807) is 11.0 Å². The zero-order valence-electron chi connectivity index (χ0n) is 12.8. The fraction of sp³-hybridized carbons (Fsp3) is 0.750. The van der Waals surface area contributed by atoms with Gasteiger partial charge in [0.25, 0.3) is 0 Å². The molecule has 0 aromatic carbocycles. The molecule has 3 atom stereocenters. The number of carbonyl (C=O) groups is 1. The van der Waals surface area contributed by atoms with Crippen LogP contribution in [0.15, 0.2) is 18.5 Å². The summed E-state index contributed by atoms with van der Waals surface area (Å²) in [6.45, 7) is 0.786. The molecule has 0 spiro atoms. The number of amides is 1. The summed E-state index contributed by atoms with van der Waals surface area (Å²) in [6.07, 6.45) is 13.7. The first-order valence-electron chi connectivity index (χ1n) is 8.48. The Labute approximate surface area is 130 Å². The molecule has 3 aliphatic rings. The minimum Gasteiger partial charge on any atom is -0.354 e. The Morgan fingerprint density at radius 2 is 2.09 bits per heavy atom. The number of nitrogens with zero attached hydrogens (tertiary/aromatic N) is 4. The highest BCUT2D eigenvalue weighted by Gasteiger charge is 2.43. The van der Waals surface area contributed by atoms with Gasteiger partial charge in [0.05, 0.1) is 0 Å². The lowest BCUT2D eigenvalue weighted by Gasteiger charge is -2.35. The molecule has 1 aromatic rings. The van der Waals surface area contributed by atoms with Crippen LogP contribution in [0.4, 0.5) is 0 Å². The zero-order valence-corrected chi connectivity index (χ0v) is 12.8. The molecule has 4 rings (SSSR count). The second-order valence-corrected chi connectivity index (χ2v) is 7.10. The number of carbonyl (C=O) groups excluding carboxylic acids is 1. The number of fused-ring (bicyclic) bond motifs is 2. The number of nitrogens with one attached hydrogen (secondary N) is 1. The minimum atomic E-state index is -0.574. The number of rotatable bonds is 4. The van der Waals surface area contributed by atoms with Crippen molar-refractivity contribution in [2.45, 2.75) is 50.5 Å². The molecule has 1 heterocycles. The van der Waals surface area contributed by atoms with Crippen LogP contribution in [0.25, 0.3) is 0 Å². The van der Waals surface area contributed by atoms with Crippen LogP contribution >= 0.6 is 0 Å². The van der Waals surface area contributed by atoms with Crippen molar-refractivity contribution in [2.24, 2.45) is 17.8 Å². The van der Waals surface area contributed by atoms with Gasteiger partial charge in [-0.3, -0.25) is 4.79 Å². The van der Waals surface area contributed by atoms with Gasteiger partial charge in [-0.1, -0.05) is 31.4 Å². The van der Waals surface area contributed by atoms with Crippen molar-refractivity contribution in [2.75, 3.05) is 6.54 Å². The summed E-state index contributed by atoms with van der Waals surface area (Å²) in [7, 11) is 0. The molecule has 0 aliphatic heterocycles. The molecular formula is C16H23N5O. The van der Waals surface area contributed by atoms with E-state index in [1.165, 1.54) is 19.3 Å². The Bertz CT molecular complexity index is 561. The second-order valence-electron chi connectivity index (χ2n) is 7.10. The van der Waals surface area contributed by atoms with E-state index in [-0.39, 0.29) is 5.91 Å². The summed E-state index contributed by atoms with van der Waals surface area (Å²) in [5, 5.41) is 14.7. The van der Waals surface area contributed by atoms with E-state index >= 15 is 0 Å². The molecule has 6 heteroatoms. The van der Waals surface area contributed by atoms with Crippen molar-refractivity contribution in [3.05, 3.63) is 18.5 Å². The molecule has 1 amide bonds. The van der Waals surface area contributed by atoms with E-state index in [9.17, 15) is 4.79 Å². The van der Waals surface area contributed by atoms with Crippen LogP contribution in [0.1, 0.15) is 44.9 Å². The van der Waals surface area contributed by atoms with Crippen molar-refractivity contribution >= 4 is 5.91 Å². The van der Waals surface area contributed by atoms with Gasteiger partial charge in [0.1, 0.15) is 11.9 Å². The quantitative estimate of drug-likeness (QED) is 0.859. The Morgan fingerprint density at radius 1 is 1.23 bits per heavy atom. The third-order valence-electron chi connectivity index (χ3n) is 5.83. The van der Waals surface area contributed by atoms with Crippen molar-refractivity contribution in [1.82, 2.24) is 25.5 Å². The van der Waals surface area contributed by atoms with E-state index in [0.29, 0.717) is 11.8 Å². The largest absolute Gasteiger partial charge is 0.354 e. The first-order chi connectivity index (χ1) is 10.8. The van der Waals surface area contributed by atoms with Gasteiger partial charge in [0, 0.05) is 6.54 Å². The van der Waals surface area contributed by atoms with Gasteiger partial charge >= 0.3 is 0 Å². The predicted octanol–water partition coefficient (Wildman–Crippen LogP) is 1.66. The Balaban J connectivity index is 1.46. The van der Waals surface area contributed by atoms with Crippen LogP contribution in [0, 0.1) is 17.8 Å². The highest BCUT2D eigenvalue weighted by atomic mass is 16.2. The van der Waals surface area contributed by atoms with Gasteiger partial charge in [-0.2, -0.15) is 0 Å². The Kier molecular flexibility index (Phi) is 3.47. The van der Waals surface area contributed by atoms with E-state index in [4.69, 9.17) is 0 Å². The lowest BCUT2D eigenvalue weighted by molar-refractivity contribution is -0.132. The summed E-state index contributed by atoms with van der Waals surface area (Å²) >= 11 is 0. The number of allylic oxidation sites excluding steroid dienone is 2. The molecule has 2 bridgehead atoms. The lowest BCUT2D eigenvalue weighted by Crippen LogP contribution is -2.51. The summed E-state index contributed by atoms with van der Waals surface area (Å²) in [5.41, 5.74) is -0.574. The average Bonchev–Trinajstić information content (AvgIpc) is 3.30. The number of aromatic nitrogens is 4. The van der Waals surface area contributed by atoms with Crippen LogP contribution in [-0.4, -0.2) is 32.7 Å². The molecule has 0 saturated heterocycles. The molecule has 118 valence electrons. The Hall–Kier alpha value is -1.72. The van der Waals surface area contributed by atoms with E-state index in [0.717, 1.165) is 38.1 Å². The molecule has 6 nitrogen and oxygen atoms in total. The smallest absolute Gasteiger partial charge is 0.248 e. The molecule has 3 aliphatic carbocycles. The molecule has 0 radical (unpaired) electrons. The second kappa shape index (κ2) is 5.48. The monoisotopic (exact) mass is 301 g/mol. The summed E-state index contributed by atoms with van der Waals surface area (Å²) < 4.78 is 1.68. The van der Waals surface area contributed by atoms with Gasteiger partial charge in [-0.05, 0) is 53.9 Å². The van der Waals surface area contributed by atoms with Crippen molar-refractivity contribution < 1.29 is 4.79 Å². The van der Waals surface area contributed by atoms with E-state index in [2.05, 4.69) is 33.0 Å². The molecule has 1 aromatic heterocycles. The fourth-order valence-electron chi connectivity index (χ4n) is 4.57. The summed E-state index contributed by atoms with van der Waals surface area (Å²) in [5.74, 6) is 2.12. The highest BCUT2D eigenvalue weighted by molar-refractivity contribution is 5.84. The van der Waals surface area contributed by atoms with Crippen LogP contribution in [0.2, 0.25) is 0 Å². The van der Waals surface area contributed by atoms with Crippen LogP contribution < -0.4 is 5.32 Å². The van der Waals surface area contributed by atoms with Gasteiger partial charge in [-0.25, -0.2) is 4.68 Å².